The van der Waals surface area contributed by atoms with Gasteiger partial charge in [0.15, 0.2) is 5.82 Å². The molecule has 1 heterocycles. The minimum atomic E-state index is -0.219. The van der Waals surface area contributed by atoms with E-state index < -0.39 is 0 Å². The van der Waals surface area contributed by atoms with Gasteiger partial charge in [0.05, 0.1) is 25.2 Å². The topological polar surface area (TPSA) is 64.1 Å². The third-order valence-corrected chi connectivity index (χ3v) is 3.29. The average Bonchev–Trinajstić information content (AvgIpc) is 2.63. The lowest BCUT2D eigenvalue weighted by Crippen LogP contribution is -2.12. The van der Waals surface area contributed by atoms with Crippen LogP contribution in [0.3, 0.4) is 0 Å². The van der Waals surface area contributed by atoms with Crippen molar-refractivity contribution in [1.29, 1.82) is 0 Å². The van der Waals surface area contributed by atoms with Gasteiger partial charge in [-0.15, -0.1) is 0 Å². The third kappa shape index (κ3) is 3.52. The Bertz CT molecular complexity index is 785. The molecule has 0 fully saturated rings. The molecule has 0 saturated carbocycles. The normalized spacial score (nSPS) is 10.1. The van der Waals surface area contributed by atoms with Gasteiger partial charge in [-0.3, -0.25) is 4.79 Å². The fourth-order valence-electron chi connectivity index (χ4n) is 2.07. The van der Waals surface area contributed by atoms with Crippen molar-refractivity contribution in [2.75, 3.05) is 12.4 Å². The SMILES string of the molecule is COc1ccc(C(=O)Nc2cnc(-c3ccccc3)nc2)cc1. The molecule has 0 aliphatic rings. The number of nitrogens with zero attached hydrogens (tertiary/aromatic N) is 2. The van der Waals surface area contributed by atoms with Gasteiger partial charge in [0.2, 0.25) is 0 Å². The number of nitrogens with one attached hydrogen (secondary N) is 1. The summed E-state index contributed by atoms with van der Waals surface area (Å²) < 4.78 is 5.07. The molecular weight excluding hydrogens is 290 g/mol. The molecule has 5 heteroatoms. The number of amides is 1. The van der Waals surface area contributed by atoms with E-state index in [1.807, 2.05) is 30.3 Å². The fourth-order valence-corrected chi connectivity index (χ4v) is 2.07. The van der Waals surface area contributed by atoms with Crippen LogP contribution in [-0.4, -0.2) is 23.0 Å². The first-order valence-corrected chi connectivity index (χ1v) is 7.09. The molecule has 1 aromatic heterocycles. The first kappa shape index (κ1) is 14.7. The lowest BCUT2D eigenvalue weighted by atomic mass is 10.2. The predicted molar refractivity (Wildman–Crippen MR) is 88.4 cm³/mol. The van der Waals surface area contributed by atoms with Crippen molar-refractivity contribution in [3.63, 3.8) is 0 Å². The Morgan fingerprint density at radius 3 is 2.22 bits per heavy atom. The zero-order chi connectivity index (χ0) is 16.1. The number of methoxy groups -OCH3 is 1. The summed E-state index contributed by atoms with van der Waals surface area (Å²) >= 11 is 0. The van der Waals surface area contributed by atoms with Crippen molar-refractivity contribution in [3.8, 4) is 17.1 Å². The minimum Gasteiger partial charge on any atom is -0.497 e. The second-order valence-electron chi connectivity index (χ2n) is 4.84. The van der Waals surface area contributed by atoms with E-state index in [0.717, 1.165) is 5.56 Å². The van der Waals surface area contributed by atoms with E-state index in [9.17, 15) is 4.79 Å². The molecule has 1 N–H and O–H groups in total. The number of carbonyl (C=O) groups is 1. The average molecular weight is 305 g/mol. The molecular formula is C18H15N3O2. The van der Waals surface area contributed by atoms with Crippen LogP contribution in [0.4, 0.5) is 5.69 Å². The summed E-state index contributed by atoms with van der Waals surface area (Å²) in [5.41, 5.74) is 2.02. The highest BCUT2D eigenvalue weighted by molar-refractivity contribution is 6.04. The van der Waals surface area contributed by atoms with E-state index in [0.29, 0.717) is 22.8 Å². The maximum Gasteiger partial charge on any atom is 0.255 e. The number of rotatable bonds is 4. The summed E-state index contributed by atoms with van der Waals surface area (Å²) in [6.07, 6.45) is 3.19. The Kier molecular flexibility index (Phi) is 4.29. The number of carbonyl (C=O) groups excluding carboxylic acids is 1. The standard InChI is InChI=1S/C18H15N3O2/c1-23-16-9-7-14(8-10-16)18(22)21-15-11-19-17(20-12-15)13-5-3-2-4-6-13/h2-12H,1H3,(H,21,22). The minimum absolute atomic E-state index is 0.219. The summed E-state index contributed by atoms with van der Waals surface area (Å²) in [5, 5.41) is 2.77. The van der Waals surface area contributed by atoms with Gasteiger partial charge in [0.25, 0.3) is 5.91 Å². The Labute approximate surface area is 134 Å². The number of ether oxygens (including phenoxy) is 1. The van der Waals surface area contributed by atoms with Crippen LogP contribution in [0.1, 0.15) is 10.4 Å². The number of benzene rings is 2. The van der Waals surface area contributed by atoms with Gasteiger partial charge in [-0.1, -0.05) is 30.3 Å². The Hall–Kier alpha value is -3.21. The van der Waals surface area contributed by atoms with Crippen LogP contribution >= 0.6 is 0 Å². The molecule has 0 aliphatic carbocycles. The second-order valence-corrected chi connectivity index (χ2v) is 4.84. The van der Waals surface area contributed by atoms with Crippen LogP contribution in [0.2, 0.25) is 0 Å². The lowest BCUT2D eigenvalue weighted by molar-refractivity contribution is 0.102. The highest BCUT2D eigenvalue weighted by atomic mass is 16.5. The quantitative estimate of drug-likeness (QED) is 0.802. The van der Waals surface area contributed by atoms with Crippen LogP contribution in [0, 0.1) is 0 Å². The van der Waals surface area contributed by atoms with Gasteiger partial charge in [-0.25, -0.2) is 9.97 Å². The number of aromatic nitrogens is 2. The first-order valence-electron chi connectivity index (χ1n) is 7.09. The van der Waals surface area contributed by atoms with Gasteiger partial charge in [0.1, 0.15) is 5.75 Å². The summed E-state index contributed by atoms with van der Waals surface area (Å²) in [6, 6.07) is 16.5. The number of anilines is 1. The zero-order valence-electron chi connectivity index (χ0n) is 12.6. The Balaban J connectivity index is 1.71. The second kappa shape index (κ2) is 6.70. The molecule has 1 amide bonds. The van der Waals surface area contributed by atoms with Crippen molar-refractivity contribution in [2.24, 2.45) is 0 Å². The largest absolute Gasteiger partial charge is 0.497 e. The molecule has 0 radical (unpaired) electrons. The van der Waals surface area contributed by atoms with Crippen LogP contribution in [0.25, 0.3) is 11.4 Å². The van der Waals surface area contributed by atoms with Crippen LogP contribution < -0.4 is 10.1 Å². The van der Waals surface area contributed by atoms with Crippen LogP contribution in [0.5, 0.6) is 5.75 Å². The monoisotopic (exact) mass is 305 g/mol. The third-order valence-electron chi connectivity index (χ3n) is 3.29. The molecule has 114 valence electrons. The molecule has 5 nitrogen and oxygen atoms in total. The molecule has 0 bridgehead atoms. The highest BCUT2D eigenvalue weighted by Crippen LogP contribution is 2.16. The molecule has 0 aliphatic heterocycles. The van der Waals surface area contributed by atoms with E-state index >= 15 is 0 Å². The van der Waals surface area contributed by atoms with E-state index in [4.69, 9.17) is 4.74 Å². The zero-order valence-corrected chi connectivity index (χ0v) is 12.6. The molecule has 0 spiro atoms. The molecule has 23 heavy (non-hydrogen) atoms. The molecule has 3 rings (SSSR count). The van der Waals surface area contributed by atoms with Crippen molar-refractivity contribution in [1.82, 2.24) is 9.97 Å². The van der Waals surface area contributed by atoms with Crippen LogP contribution in [0.15, 0.2) is 67.0 Å². The number of hydrogen-bond acceptors (Lipinski definition) is 4. The summed E-state index contributed by atoms with van der Waals surface area (Å²) in [5.74, 6) is 1.11. The smallest absolute Gasteiger partial charge is 0.255 e. The molecule has 0 unspecified atom stereocenters. The van der Waals surface area contributed by atoms with E-state index in [1.54, 1.807) is 43.8 Å². The summed E-state index contributed by atoms with van der Waals surface area (Å²) in [7, 11) is 1.58. The van der Waals surface area contributed by atoms with Gasteiger partial charge >= 0.3 is 0 Å². The summed E-state index contributed by atoms with van der Waals surface area (Å²) in [4.78, 5) is 20.7. The van der Waals surface area contributed by atoms with Gasteiger partial charge < -0.3 is 10.1 Å². The van der Waals surface area contributed by atoms with Gasteiger partial charge in [-0.2, -0.15) is 0 Å². The lowest BCUT2D eigenvalue weighted by Gasteiger charge is -2.06. The van der Waals surface area contributed by atoms with E-state index in [1.165, 1.54) is 0 Å². The maximum absolute atomic E-state index is 12.2. The van der Waals surface area contributed by atoms with Crippen molar-refractivity contribution >= 4 is 11.6 Å². The van der Waals surface area contributed by atoms with Crippen LogP contribution in [-0.2, 0) is 0 Å². The van der Waals surface area contributed by atoms with Gasteiger partial charge in [-0.05, 0) is 24.3 Å². The van der Waals surface area contributed by atoms with Crippen molar-refractivity contribution < 1.29 is 9.53 Å². The Morgan fingerprint density at radius 2 is 1.61 bits per heavy atom. The highest BCUT2D eigenvalue weighted by Gasteiger charge is 2.07. The molecule has 0 atom stereocenters. The van der Waals surface area contributed by atoms with E-state index in [-0.39, 0.29) is 5.91 Å². The molecule has 0 saturated heterocycles. The Morgan fingerprint density at radius 1 is 0.957 bits per heavy atom. The number of hydrogen-bond donors (Lipinski definition) is 1. The first-order chi connectivity index (χ1) is 11.3. The molecule has 3 aromatic rings. The van der Waals surface area contributed by atoms with Crippen molar-refractivity contribution in [2.45, 2.75) is 0 Å². The van der Waals surface area contributed by atoms with Crippen molar-refractivity contribution in [3.05, 3.63) is 72.6 Å². The predicted octanol–water partition coefficient (Wildman–Crippen LogP) is 3.40. The fraction of sp³-hybridized carbons (Fsp3) is 0.0556. The van der Waals surface area contributed by atoms with E-state index in [2.05, 4.69) is 15.3 Å². The maximum atomic E-state index is 12.2. The summed E-state index contributed by atoms with van der Waals surface area (Å²) in [6.45, 7) is 0. The van der Waals surface area contributed by atoms with Gasteiger partial charge in [0, 0.05) is 11.1 Å². The molecule has 2 aromatic carbocycles.